The summed E-state index contributed by atoms with van der Waals surface area (Å²) in [5.74, 6) is -0.0497. The van der Waals surface area contributed by atoms with Crippen LogP contribution in [0.3, 0.4) is 0 Å². The lowest BCUT2D eigenvalue weighted by molar-refractivity contribution is 0.0996. The van der Waals surface area contributed by atoms with Gasteiger partial charge in [0.1, 0.15) is 5.52 Å². The van der Waals surface area contributed by atoms with E-state index in [2.05, 4.69) is 15.6 Å². The van der Waals surface area contributed by atoms with Crippen molar-refractivity contribution in [2.75, 3.05) is 10.6 Å². The van der Waals surface area contributed by atoms with Crippen LogP contribution in [0, 0.1) is 0 Å². The Kier molecular flexibility index (Phi) is 3.47. The van der Waals surface area contributed by atoms with Gasteiger partial charge in [0.15, 0.2) is 11.3 Å². The van der Waals surface area contributed by atoms with E-state index in [0.717, 1.165) is 11.2 Å². The van der Waals surface area contributed by atoms with Gasteiger partial charge in [0.25, 0.3) is 11.9 Å². The van der Waals surface area contributed by atoms with Crippen LogP contribution in [0.4, 0.5) is 17.4 Å². The highest BCUT2D eigenvalue weighted by Gasteiger charge is 2.10. The highest BCUT2D eigenvalue weighted by molar-refractivity contribution is 6.02. The van der Waals surface area contributed by atoms with Crippen LogP contribution < -0.4 is 10.6 Å². The average Bonchev–Trinajstić information content (AvgIpc) is 3.24. The second-order valence-corrected chi connectivity index (χ2v) is 5.12. The zero-order valence-electron chi connectivity index (χ0n) is 12.5. The van der Waals surface area contributed by atoms with Crippen molar-refractivity contribution in [2.24, 2.45) is 0 Å². The number of benzene rings is 2. The van der Waals surface area contributed by atoms with Gasteiger partial charge in [-0.05, 0) is 42.5 Å². The summed E-state index contributed by atoms with van der Waals surface area (Å²) in [6, 6.07) is 18.5. The predicted molar refractivity (Wildman–Crippen MR) is 90.4 cm³/mol. The van der Waals surface area contributed by atoms with Crippen molar-refractivity contribution in [1.82, 2.24) is 4.98 Å². The number of amides is 1. The number of rotatable bonds is 4. The second-order valence-electron chi connectivity index (χ2n) is 5.12. The van der Waals surface area contributed by atoms with E-state index in [9.17, 15) is 4.79 Å². The van der Waals surface area contributed by atoms with Crippen molar-refractivity contribution in [1.29, 1.82) is 0 Å². The van der Waals surface area contributed by atoms with E-state index in [1.165, 1.54) is 6.26 Å². The van der Waals surface area contributed by atoms with Gasteiger partial charge in [-0.25, -0.2) is 0 Å². The van der Waals surface area contributed by atoms with Gasteiger partial charge in [0.05, 0.1) is 6.26 Å². The first-order valence-corrected chi connectivity index (χ1v) is 7.35. The molecule has 4 rings (SSSR count). The molecule has 0 radical (unpaired) electrons. The lowest BCUT2D eigenvalue weighted by Gasteiger charge is -2.06. The van der Waals surface area contributed by atoms with E-state index in [0.29, 0.717) is 17.3 Å². The third-order valence-electron chi connectivity index (χ3n) is 3.41. The van der Waals surface area contributed by atoms with Crippen LogP contribution >= 0.6 is 0 Å². The lowest BCUT2D eigenvalue weighted by Crippen LogP contribution is -2.10. The smallest absolute Gasteiger partial charge is 0.300 e. The molecule has 2 aromatic heterocycles. The monoisotopic (exact) mass is 319 g/mol. The lowest BCUT2D eigenvalue weighted by atomic mass is 10.2. The van der Waals surface area contributed by atoms with E-state index in [-0.39, 0.29) is 11.7 Å². The first kappa shape index (κ1) is 14.1. The van der Waals surface area contributed by atoms with Gasteiger partial charge < -0.3 is 19.5 Å². The average molecular weight is 319 g/mol. The van der Waals surface area contributed by atoms with Gasteiger partial charge in [0.2, 0.25) is 0 Å². The summed E-state index contributed by atoms with van der Waals surface area (Å²) in [6.45, 7) is 0. The molecule has 0 aliphatic heterocycles. The molecule has 0 saturated heterocycles. The number of oxazole rings is 1. The summed E-state index contributed by atoms with van der Waals surface area (Å²) in [5.41, 5.74) is 2.88. The first-order valence-electron chi connectivity index (χ1n) is 7.35. The minimum atomic E-state index is -0.306. The van der Waals surface area contributed by atoms with Crippen LogP contribution in [0.25, 0.3) is 11.1 Å². The third-order valence-corrected chi connectivity index (χ3v) is 3.41. The van der Waals surface area contributed by atoms with Crippen LogP contribution in [-0.2, 0) is 0 Å². The topological polar surface area (TPSA) is 80.3 Å². The van der Waals surface area contributed by atoms with Gasteiger partial charge in [-0.1, -0.05) is 18.2 Å². The molecule has 6 heteroatoms. The molecule has 1 amide bonds. The van der Waals surface area contributed by atoms with Crippen LogP contribution in [0.15, 0.2) is 75.8 Å². The molecule has 4 aromatic rings. The molecule has 0 fully saturated rings. The Morgan fingerprint density at radius 3 is 2.67 bits per heavy atom. The molecule has 0 atom stereocenters. The van der Waals surface area contributed by atoms with Crippen molar-refractivity contribution in [3.05, 3.63) is 72.7 Å². The second kappa shape index (κ2) is 5.92. The van der Waals surface area contributed by atoms with E-state index < -0.39 is 0 Å². The van der Waals surface area contributed by atoms with Crippen molar-refractivity contribution in [2.45, 2.75) is 0 Å². The number of carbonyl (C=O) groups excluding carboxylic acids is 1. The zero-order valence-corrected chi connectivity index (χ0v) is 12.5. The minimum absolute atomic E-state index is 0.257. The minimum Gasteiger partial charge on any atom is -0.459 e. The number of hydrogen-bond acceptors (Lipinski definition) is 5. The fourth-order valence-electron chi connectivity index (χ4n) is 2.32. The summed E-state index contributed by atoms with van der Waals surface area (Å²) < 4.78 is 10.7. The SMILES string of the molecule is O=C(Nc1cccc(Nc2nc3ccccc3o2)c1)c1ccco1. The maximum Gasteiger partial charge on any atom is 0.300 e. The van der Waals surface area contributed by atoms with Gasteiger partial charge in [-0.3, -0.25) is 4.79 Å². The predicted octanol–water partition coefficient (Wildman–Crippen LogP) is 4.42. The molecular formula is C18H13N3O3. The molecule has 24 heavy (non-hydrogen) atoms. The molecule has 0 bridgehead atoms. The number of anilines is 3. The molecule has 2 aromatic carbocycles. The Balaban J connectivity index is 1.53. The number of furan rings is 1. The van der Waals surface area contributed by atoms with Gasteiger partial charge >= 0.3 is 0 Å². The fourth-order valence-corrected chi connectivity index (χ4v) is 2.32. The van der Waals surface area contributed by atoms with Crippen molar-refractivity contribution < 1.29 is 13.6 Å². The maximum absolute atomic E-state index is 12.0. The summed E-state index contributed by atoms with van der Waals surface area (Å²) >= 11 is 0. The third kappa shape index (κ3) is 2.85. The van der Waals surface area contributed by atoms with Crippen LogP contribution in [0.2, 0.25) is 0 Å². The van der Waals surface area contributed by atoms with Gasteiger partial charge in [-0.15, -0.1) is 0 Å². The van der Waals surface area contributed by atoms with E-state index in [4.69, 9.17) is 8.83 Å². The molecular weight excluding hydrogens is 306 g/mol. The summed E-state index contributed by atoms with van der Waals surface area (Å²) in [7, 11) is 0. The molecule has 0 aliphatic rings. The molecule has 0 unspecified atom stereocenters. The van der Waals surface area contributed by atoms with Crippen LogP contribution in [-0.4, -0.2) is 10.9 Å². The number of hydrogen-bond donors (Lipinski definition) is 2. The molecule has 2 heterocycles. The Hall–Kier alpha value is -3.54. The quantitative estimate of drug-likeness (QED) is 0.582. The zero-order chi connectivity index (χ0) is 16.4. The first-order chi connectivity index (χ1) is 11.8. The van der Waals surface area contributed by atoms with Crippen LogP contribution in [0.5, 0.6) is 0 Å². The van der Waals surface area contributed by atoms with E-state index >= 15 is 0 Å². The largest absolute Gasteiger partial charge is 0.459 e. The number of para-hydroxylation sites is 2. The molecule has 118 valence electrons. The number of nitrogens with zero attached hydrogens (tertiary/aromatic N) is 1. The Morgan fingerprint density at radius 2 is 1.83 bits per heavy atom. The summed E-state index contributed by atoms with van der Waals surface area (Å²) in [6.07, 6.45) is 1.46. The maximum atomic E-state index is 12.0. The van der Waals surface area contributed by atoms with Gasteiger partial charge in [0, 0.05) is 11.4 Å². The Labute approximate surface area is 137 Å². The van der Waals surface area contributed by atoms with Crippen molar-refractivity contribution >= 4 is 34.4 Å². The van der Waals surface area contributed by atoms with Crippen LogP contribution in [0.1, 0.15) is 10.6 Å². The Morgan fingerprint density at radius 1 is 0.958 bits per heavy atom. The fraction of sp³-hybridized carbons (Fsp3) is 0. The molecule has 2 N–H and O–H groups in total. The highest BCUT2D eigenvalue weighted by Crippen LogP contribution is 2.23. The number of fused-ring (bicyclic) bond motifs is 1. The Bertz CT molecular complexity index is 957. The normalized spacial score (nSPS) is 10.7. The molecule has 0 spiro atoms. The highest BCUT2D eigenvalue weighted by atomic mass is 16.4. The summed E-state index contributed by atoms with van der Waals surface area (Å²) in [4.78, 5) is 16.4. The van der Waals surface area contributed by atoms with Crippen molar-refractivity contribution in [3.63, 3.8) is 0 Å². The molecule has 6 nitrogen and oxygen atoms in total. The molecule has 0 saturated carbocycles. The number of aromatic nitrogens is 1. The number of carbonyl (C=O) groups is 1. The van der Waals surface area contributed by atoms with E-state index in [1.807, 2.05) is 36.4 Å². The molecule has 0 aliphatic carbocycles. The summed E-state index contributed by atoms with van der Waals surface area (Å²) in [5, 5.41) is 5.86. The standard InChI is InChI=1S/C18H13N3O3/c22-17(16-9-4-10-23-16)19-12-5-3-6-13(11-12)20-18-21-14-7-1-2-8-15(14)24-18/h1-11H,(H,19,22)(H,20,21). The number of nitrogens with one attached hydrogen (secondary N) is 2. The van der Waals surface area contributed by atoms with Crippen molar-refractivity contribution in [3.8, 4) is 0 Å². The van der Waals surface area contributed by atoms with E-state index in [1.54, 1.807) is 24.3 Å². The van der Waals surface area contributed by atoms with Gasteiger partial charge in [-0.2, -0.15) is 4.98 Å².